The fourth-order valence-electron chi connectivity index (χ4n) is 1.04. The molecule has 0 saturated heterocycles. The summed E-state index contributed by atoms with van der Waals surface area (Å²) in [6.07, 6.45) is 5.21. The van der Waals surface area contributed by atoms with Crippen LogP contribution in [0.15, 0.2) is 0 Å². The highest BCUT2D eigenvalue weighted by molar-refractivity contribution is 9.09. The Hall–Kier alpha value is 0.830. The fourth-order valence-corrected chi connectivity index (χ4v) is 1.86. The highest BCUT2D eigenvalue weighted by Gasteiger charge is 2.15. The second-order valence-electron chi connectivity index (χ2n) is 2.41. The molecule has 0 aliphatic heterocycles. The Kier molecular flexibility index (Phi) is 2.70. The Morgan fingerprint density at radius 2 is 1.62 bits per heavy atom. The SMILES string of the molecule is SC1CCC(Br)CC1. The minimum Gasteiger partial charge on any atom is -0.176 e. The molecule has 0 amide bonds. The van der Waals surface area contributed by atoms with E-state index in [2.05, 4.69) is 28.6 Å². The zero-order valence-corrected chi connectivity index (χ0v) is 7.29. The van der Waals surface area contributed by atoms with Crippen LogP contribution in [0.1, 0.15) is 25.7 Å². The lowest BCUT2D eigenvalue weighted by atomic mass is 10.0. The van der Waals surface area contributed by atoms with Crippen LogP contribution in [0.4, 0.5) is 0 Å². The summed E-state index contributed by atoms with van der Waals surface area (Å²) in [5, 5.41) is 0.684. The Labute approximate surface area is 64.6 Å². The number of hydrogen-bond acceptors (Lipinski definition) is 1. The molecule has 1 rings (SSSR count). The van der Waals surface area contributed by atoms with Crippen LogP contribution in [-0.4, -0.2) is 10.1 Å². The molecule has 1 aliphatic rings. The van der Waals surface area contributed by atoms with E-state index in [9.17, 15) is 0 Å². The van der Waals surface area contributed by atoms with Gasteiger partial charge in [0, 0.05) is 10.1 Å². The fraction of sp³-hybridized carbons (Fsp3) is 1.00. The Balaban J connectivity index is 2.19. The van der Waals surface area contributed by atoms with E-state index >= 15 is 0 Å². The van der Waals surface area contributed by atoms with Gasteiger partial charge in [0.2, 0.25) is 0 Å². The van der Waals surface area contributed by atoms with Crippen LogP contribution in [-0.2, 0) is 0 Å². The Morgan fingerprint density at radius 3 is 2.00 bits per heavy atom. The van der Waals surface area contributed by atoms with E-state index in [1.807, 2.05) is 0 Å². The maximum atomic E-state index is 4.38. The summed E-state index contributed by atoms with van der Waals surface area (Å²) in [6, 6.07) is 0. The molecule has 0 N–H and O–H groups in total. The zero-order valence-electron chi connectivity index (χ0n) is 4.81. The maximum Gasteiger partial charge on any atom is 0.0146 e. The summed E-state index contributed by atoms with van der Waals surface area (Å²) in [4.78, 5) is 0.783. The minimum atomic E-state index is 0.684. The summed E-state index contributed by atoms with van der Waals surface area (Å²) < 4.78 is 0. The summed E-state index contributed by atoms with van der Waals surface area (Å²) in [5.74, 6) is 0. The van der Waals surface area contributed by atoms with E-state index in [-0.39, 0.29) is 0 Å². The van der Waals surface area contributed by atoms with Crippen molar-refractivity contribution in [3.05, 3.63) is 0 Å². The van der Waals surface area contributed by atoms with Gasteiger partial charge in [0.25, 0.3) is 0 Å². The van der Waals surface area contributed by atoms with Crippen molar-refractivity contribution in [1.29, 1.82) is 0 Å². The van der Waals surface area contributed by atoms with Crippen molar-refractivity contribution in [1.82, 2.24) is 0 Å². The first-order valence-electron chi connectivity index (χ1n) is 3.11. The van der Waals surface area contributed by atoms with E-state index < -0.39 is 0 Å². The molecule has 0 atom stereocenters. The highest BCUT2D eigenvalue weighted by atomic mass is 79.9. The van der Waals surface area contributed by atoms with E-state index in [1.54, 1.807) is 0 Å². The first-order valence-corrected chi connectivity index (χ1v) is 4.54. The van der Waals surface area contributed by atoms with E-state index in [1.165, 1.54) is 25.7 Å². The van der Waals surface area contributed by atoms with Crippen LogP contribution in [0, 0.1) is 0 Å². The average Bonchev–Trinajstić information content (AvgIpc) is 1.77. The van der Waals surface area contributed by atoms with Gasteiger partial charge in [-0.15, -0.1) is 0 Å². The summed E-state index contributed by atoms with van der Waals surface area (Å²) in [7, 11) is 0. The largest absolute Gasteiger partial charge is 0.176 e. The second kappa shape index (κ2) is 3.11. The molecule has 1 saturated carbocycles. The lowest BCUT2D eigenvalue weighted by molar-refractivity contribution is 0.536. The lowest BCUT2D eigenvalue weighted by Gasteiger charge is -2.20. The first kappa shape index (κ1) is 6.94. The van der Waals surface area contributed by atoms with Crippen LogP contribution >= 0.6 is 28.6 Å². The van der Waals surface area contributed by atoms with Gasteiger partial charge in [0.15, 0.2) is 0 Å². The smallest absolute Gasteiger partial charge is 0.0146 e. The average molecular weight is 195 g/mol. The van der Waals surface area contributed by atoms with Crippen LogP contribution in [0.25, 0.3) is 0 Å². The van der Waals surface area contributed by atoms with Gasteiger partial charge >= 0.3 is 0 Å². The molecular weight excluding hydrogens is 184 g/mol. The van der Waals surface area contributed by atoms with Crippen molar-refractivity contribution >= 4 is 28.6 Å². The van der Waals surface area contributed by atoms with Gasteiger partial charge in [-0.05, 0) is 25.7 Å². The standard InChI is InChI=1S/C6H11BrS/c7-5-1-3-6(8)4-2-5/h5-6,8H,1-4H2. The first-order chi connectivity index (χ1) is 3.79. The van der Waals surface area contributed by atoms with Crippen LogP contribution < -0.4 is 0 Å². The van der Waals surface area contributed by atoms with Gasteiger partial charge in [0.05, 0.1) is 0 Å². The van der Waals surface area contributed by atoms with Gasteiger partial charge < -0.3 is 0 Å². The number of thiol groups is 1. The van der Waals surface area contributed by atoms with Crippen LogP contribution in [0.2, 0.25) is 0 Å². The number of halogens is 1. The highest BCUT2D eigenvalue weighted by Crippen LogP contribution is 2.26. The third kappa shape index (κ3) is 1.98. The zero-order chi connectivity index (χ0) is 5.98. The number of hydrogen-bond donors (Lipinski definition) is 1. The molecule has 2 heteroatoms. The quantitative estimate of drug-likeness (QED) is 0.445. The van der Waals surface area contributed by atoms with E-state index in [0.717, 1.165) is 4.83 Å². The number of alkyl halides is 1. The molecule has 0 unspecified atom stereocenters. The van der Waals surface area contributed by atoms with Gasteiger partial charge in [0.1, 0.15) is 0 Å². The monoisotopic (exact) mass is 194 g/mol. The maximum absolute atomic E-state index is 4.38. The third-order valence-electron chi connectivity index (χ3n) is 1.63. The van der Waals surface area contributed by atoms with Crippen molar-refractivity contribution in [3.63, 3.8) is 0 Å². The second-order valence-corrected chi connectivity index (χ2v) is 4.43. The molecule has 0 bridgehead atoms. The van der Waals surface area contributed by atoms with E-state index in [4.69, 9.17) is 0 Å². The molecule has 1 fully saturated rings. The van der Waals surface area contributed by atoms with Gasteiger partial charge in [-0.2, -0.15) is 12.6 Å². The Morgan fingerprint density at radius 1 is 1.12 bits per heavy atom. The molecular formula is C6H11BrS. The number of rotatable bonds is 0. The van der Waals surface area contributed by atoms with Gasteiger partial charge in [-0.3, -0.25) is 0 Å². The van der Waals surface area contributed by atoms with Crippen LogP contribution in [0.3, 0.4) is 0 Å². The third-order valence-corrected chi connectivity index (χ3v) is 3.06. The molecule has 0 heterocycles. The van der Waals surface area contributed by atoms with Gasteiger partial charge in [-0.1, -0.05) is 15.9 Å². The molecule has 8 heavy (non-hydrogen) atoms. The van der Waals surface area contributed by atoms with Crippen molar-refractivity contribution in [2.24, 2.45) is 0 Å². The predicted molar refractivity (Wildman–Crippen MR) is 44.0 cm³/mol. The molecule has 0 nitrogen and oxygen atoms in total. The summed E-state index contributed by atoms with van der Waals surface area (Å²) >= 11 is 7.96. The molecule has 0 aromatic rings. The van der Waals surface area contributed by atoms with E-state index in [0.29, 0.717) is 5.25 Å². The van der Waals surface area contributed by atoms with Crippen LogP contribution in [0.5, 0.6) is 0 Å². The molecule has 48 valence electrons. The molecule has 0 radical (unpaired) electrons. The molecule has 0 aromatic heterocycles. The molecule has 0 aromatic carbocycles. The van der Waals surface area contributed by atoms with Crippen molar-refractivity contribution in [2.75, 3.05) is 0 Å². The van der Waals surface area contributed by atoms with Crippen molar-refractivity contribution < 1.29 is 0 Å². The topological polar surface area (TPSA) is 0 Å². The van der Waals surface area contributed by atoms with Crippen molar-refractivity contribution in [3.8, 4) is 0 Å². The Bertz CT molecular complexity index is 56.9. The summed E-state index contributed by atoms with van der Waals surface area (Å²) in [5.41, 5.74) is 0. The predicted octanol–water partition coefficient (Wildman–Crippen LogP) is 2.62. The molecule has 0 spiro atoms. The lowest BCUT2D eigenvalue weighted by Crippen LogP contribution is -2.13. The van der Waals surface area contributed by atoms with Crippen molar-refractivity contribution in [2.45, 2.75) is 35.8 Å². The minimum absolute atomic E-state index is 0.684. The van der Waals surface area contributed by atoms with Gasteiger partial charge in [-0.25, -0.2) is 0 Å². The normalized spacial score (nSPS) is 39.8. The molecule has 1 aliphatic carbocycles. The summed E-state index contributed by atoms with van der Waals surface area (Å²) in [6.45, 7) is 0.